The van der Waals surface area contributed by atoms with E-state index in [9.17, 15) is 0 Å². The third-order valence-corrected chi connectivity index (χ3v) is 3.60. The fraction of sp³-hybridized carbons (Fsp3) is 0.385. The van der Waals surface area contributed by atoms with E-state index >= 15 is 0 Å². The van der Waals surface area contributed by atoms with Crippen LogP contribution >= 0.6 is 11.8 Å². The standard InChI is InChI=1S/C13H17NO2S/c1-11-14(7-8-16-10-9-15-2)12-5-3-4-6-13(12)17-11/h3-6H,1,7-10H2,2H3. The Kier molecular flexibility index (Phi) is 4.48. The molecule has 1 aromatic carbocycles. The number of benzene rings is 1. The average Bonchev–Trinajstić information content (AvgIpc) is 2.65. The molecular formula is C13H17NO2S. The van der Waals surface area contributed by atoms with E-state index in [0.29, 0.717) is 19.8 Å². The molecule has 0 unspecified atom stereocenters. The average molecular weight is 251 g/mol. The first-order valence-corrected chi connectivity index (χ1v) is 6.44. The van der Waals surface area contributed by atoms with Gasteiger partial charge in [0.1, 0.15) is 0 Å². The van der Waals surface area contributed by atoms with Crippen LogP contribution in [0.1, 0.15) is 0 Å². The monoisotopic (exact) mass is 251 g/mol. The van der Waals surface area contributed by atoms with Crippen LogP contribution in [-0.2, 0) is 9.47 Å². The van der Waals surface area contributed by atoms with Crippen LogP contribution in [0.3, 0.4) is 0 Å². The lowest BCUT2D eigenvalue weighted by atomic mass is 10.3. The summed E-state index contributed by atoms with van der Waals surface area (Å²) in [6, 6.07) is 8.35. The van der Waals surface area contributed by atoms with Crippen molar-refractivity contribution < 1.29 is 9.47 Å². The van der Waals surface area contributed by atoms with E-state index in [-0.39, 0.29) is 0 Å². The molecule has 0 fully saturated rings. The van der Waals surface area contributed by atoms with E-state index in [1.165, 1.54) is 10.6 Å². The number of para-hydroxylation sites is 1. The van der Waals surface area contributed by atoms with Gasteiger partial charge >= 0.3 is 0 Å². The van der Waals surface area contributed by atoms with E-state index in [1.807, 2.05) is 0 Å². The summed E-state index contributed by atoms with van der Waals surface area (Å²) in [5, 5.41) is 1.07. The van der Waals surface area contributed by atoms with Crippen molar-refractivity contribution in [2.75, 3.05) is 38.4 Å². The minimum Gasteiger partial charge on any atom is -0.382 e. The number of nitrogens with zero attached hydrogens (tertiary/aromatic N) is 1. The first-order valence-electron chi connectivity index (χ1n) is 5.63. The largest absolute Gasteiger partial charge is 0.382 e. The van der Waals surface area contributed by atoms with Gasteiger partial charge in [-0.15, -0.1) is 0 Å². The maximum atomic E-state index is 5.48. The summed E-state index contributed by atoms with van der Waals surface area (Å²) in [4.78, 5) is 3.47. The number of hydrogen-bond acceptors (Lipinski definition) is 4. The molecule has 0 amide bonds. The Bertz CT molecular complexity index is 395. The van der Waals surface area contributed by atoms with E-state index in [4.69, 9.17) is 9.47 Å². The van der Waals surface area contributed by atoms with Gasteiger partial charge in [-0.3, -0.25) is 0 Å². The molecule has 2 rings (SSSR count). The Morgan fingerprint density at radius 3 is 2.88 bits per heavy atom. The van der Waals surface area contributed by atoms with E-state index in [2.05, 4.69) is 35.7 Å². The zero-order valence-corrected chi connectivity index (χ0v) is 10.8. The number of hydrogen-bond donors (Lipinski definition) is 0. The molecule has 0 saturated carbocycles. The van der Waals surface area contributed by atoms with Gasteiger partial charge in [0.25, 0.3) is 0 Å². The normalized spacial score (nSPS) is 14.2. The maximum absolute atomic E-state index is 5.48. The molecule has 0 atom stereocenters. The van der Waals surface area contributed by atoms with Crippen LogP contribution in [0.5, 0.6) is 0 Å². The van der Waals surface area contributed by atoms with Crippen LogP contribution in [0.2, 0.25) is 0 Å². The SMILES string of the molecule is C=C1Sc2ccccc2N1CCOCCOC. The van der Waals surface area contributed by atoms with Crippen LogP contribution in [0.15, 0.2) is 40.8 Å². The van der Waals surface area contributed by atoms with Crippen molar-refractivity contribution in [2.45, 2.75) is 4.90 Å². The van der Waals surface area contributed by atoms with Crippen LogP contribution < -0.4 is 4.90 Å². The summed E-state index contributed by atoms with van der Waals surface area (Å²) in [7, 11) is 1.68. The van der Waals surface area contributed by atoms with Crippen molar-refractivity contribution in [1.82, 2.24) is 0 Å². The molecule has 0 aromatic heterocycles. The van der Waals surface area contributed by atoms with Gasteiger partial charge in [0.05, 0.1) is 30.5 Å². The predicted molar refractivity (Wildman–Crippen MR) is 71.5 cm³/mol. The Hall–Kier alpha value is -0.970. The molecule has 0 saturated heterocycles. The second-order valence-electron chi connectivity index (χ2n) is 3.72. The van der Waals surface area contributed by atoms with Gasteiger partial charge in [0.15, 0.2) is 0 Å². The third-order valence-electron chi connectivity index (χ3n) is 2.58. The molecule has 1 heterocycles. The summed E-state index contributed by atoms with van der Waals surface area (Å²) in [5.41, 5.74) is 1.23. The van der Waals surface area contributed by atoms with Gasteiger partial charge < -0.3 is 14.4 Å². The summed E-state index contributed by atoms with van der Waals surface area (Å²) in [5.74, 6) is 0. The summed E-state index contributed by atoms with van der Waals surface area (Å²) in [6.07, 6.45) is 0. The van der Waals surface area contributed by atoms with Crippen molar-refractivity contribution >= 4 is 17.4 Å². The van der Waals surface area contributed by atoms with Gasteiger partial charge in [-0.2, -0.15) is 0 Å². The first-order chi connectivity index (χ1) is 8.33. The Morgan fingerprint density at radius 2 is 2.06 bits per heavy atom. The molecular weight excluding hydrogens is 234 g/mol. The molecule has 1 aromatic rings. The minimum absolute atomic E-state index is 0.644. The molecule has 1 aliphatic rings. The highest BCUT2D eigenvalue weighted by molar-refractivity contribution is 8.03. The summed E-state index contributed by atoms with van der Waals surface area (Å²) < 4.78 is 10.4. The number of thioether (sulfide) groups is 1. The minimum atomic E-state index is 0.644. The smallest absolute Gasteiger partial charge is 0.0729 e. The van der Waals surface area contributed by atoms with Crippen molar-refractivity contribution in [3.63, 3.8) is 0 Å². The number of ether oxygens (including phenoxy) is 2. The fourth-order valence-electron chi connectivity index (χ4n) is 1.73. The quantitative estimate of drug-likeness (QED) is 0.725. The lowest BCUT2D eigenvalue weighted by molar-refractivity contribution is 0.0746. The molecule has 1 aliphatic heterocycles. The molecule has 3 nitrogen and oxygen atoms in total. The van der Waals surface area contributed by atoms with Crippen molar-refractivity contribution in [3.8, 4) is 0 Å². The lowest BCUT2D eigenvalue weighted by Crippen LogP contribution is -2.23. The number of methoxy groups -OCH3 is 1. The maximum Gasteiger partial charge on any atom is 0.0729 e. The predicted octanol–water partition coefficient (Wildman–Crippen LogP) is 2.73. The highest BCUT2D eigenvalue weighted by Gasteiger charge is 2.22. The topological polar surface area (TPSA) is 21.7 Å². The van der Waals surface area contributed by atoms with E-state index < -0.39 is 0 Å². The van der Waals surface area contributed by atoms with Crippen LogP contribution in [0, 0.1) is 0 Å². The van der Waals surface area contributed by atoms with Gasteiger partial charge in [0.2, 0.25) is 0 Å². The van der Waals surface area contributed by atoms with Gasteiger partial charge in [-0.05, 0) is 12.1 Å². The van der Waals surface area contributed by atoms with Gasteiger partial charge in [-0.1, -0.05) is 30.5 Å². The molecule has 0 N–H and O–H groups in total. The highest BCUT2D eigenvalue weighted by atomic mass is 32.2. The van der Waals surface area contributed by atoms with Crippen LogP contribution in [0.25, 0.3) is 0 Å². The molecule has 0 aliphatic carbocycles. The zero-order chi connectivity index (χ0) is 12.1. The van der Waals surface area contributed by atoms with Crippen molar-refractivity contribution in [3.05, 3.63) is 35.9 Å². The Labute approximate surface area is 106 Å². The summed E-state index contributed by atoms with van der Waals surface area (Å²) >= 11 is 1.72. The van der Waals surface area contributed by atoms with Crippen LogP contribution in [-0.4, -0.2) is 33.5 Å². The number of fused-ring (bicyclic) bond motifs is 1. The lowest BCUT2D eigenvalue weighted by Gasteiger charge is -2.19. The molecule has 4 heteroatoms. The fourth-order valence-corrected chi connectivity index (χ4v) is 2.71. The molecule has 0 radical (unpaired) electrons. The Morgan fingerprint density at radius 1 is 1.24 bits per heavy atom. The number of anilines is 1. The number of rotatable bonds is 6. The van der Waals surface area contributed by atoms with Crippen molar-refractivity contribution in [1.29, 1.82) is 0 Å². The highest BCUT2D eigenvalue weighted by Crippen LogP contribution is 2.44. The van der Waals surface area contributed by atoms with E-state index in [0.717, 1.165) is 11.6 Å². The van der Waals surface area contributed by atoms with Crippen LogP contribution in [0.4, 0.5) is 5.69 Å². The van der Waals surface area contributed by atoms with Gasteiger partial charge in [0, 0.05) is 18.6 Å². The molecule has 17 heavy (non-hydrogen) atoms. The first kappa shape index (κ1) is 12.5. The Balaban J connectivity index is 1.87. The van der Waals surface area contributed by atoms with Crippen molar-refractivity contribution in [2.24, 2.45) is 0 Å². The molecule has 0 bridgehead atoms. The second-order valence-corrected chi connectivity index (χ2v) is 4.84. The third kappa shape index (κ3) is 3.03. The molecule has 92 valence electrons. The molecule has 0 spiro atoms. The van der Waals surface area contributed by atoms with E-state index in [1.54, 1.807) is 18.9 Å². The zero-order valence-electron chi connectivity index (χ0n) is 10.0. The summed E-state index contributed by atoms with van der Waals surface area (Å²) in [6.45, 7) is 6.90. The second kappa shape index (κ2) is 6.10. The van der Waals surface area contributed by atoms with Gasteiger partial charge in [-0.25, -0.2) is 0 Å².